The second kappa shape index (κ2) is 9.46. The van der Waals surface area contributed by atoms with Crippen molar-refractivity contribution in [2.75, 3.05) is 6.61 Å². The average Bonchev–Trinajstić information content (AvgIpc) is 2.37. The zero-order valence-corrected chi connectivity index (χ0v) is 13.0. The molecule has 0 bridgehead atoms. The van der Waals surface area contributed by atoms with Crippen LogP contribution in [0.4, 0.5) is 0 Å². The normalized spacial score (nSPS) is 16.1. The summed E-state index contributed by atoms with van der Waals surface area (Å²) in [4.78, 5) is 22.0. The van der Waals surface area contributed by atoms with Gasteiger partial charge in [-0.05, 0) is 20.8 Å². The minimum atomic E-state index is -4.09. The Bertz CT molecular complexity index is 399. The fourth-order valence-electron chi connectivity index (χ4n) is 1.07. The van der Waals surface area contributed by atoms with Crippen molar-refractivity contribution in [2.45, 2.75) is 33.4 Å². The first-order valence-electron chi connectivity index (χ1n) is 6.03. The van der Waals surface area contributed by atoms with E-state index in [0.717, 1.165) is 12.2 Å². The summed E-state index contributed by atoms with van der Waals surface area (Å²) in [6.45, 7) is 10.6. The summed E-state index contributed by atoms with van der Waals surface area (Å²) in [6, 6.07) is 0. The molecule has 0 saturated heterocycles. The molecule has 0 spiro atoms. The fourth-order valence-corrected chi connectivity index (χ4v) is 2.37. The molecule has 0 heterocycles. The first-order valence-corrected chi connectivity index (χ1v) is 7.49. The van der Waals surface area contributed by atoms with Gasteiger partial charge in [-0.15, -0.1) is 0 Å². The van der Waals surface area contributed by atoms with Gasteiger partial charge >= 0.3 is 19.8 Å². The largest absolute Gasteiger partial charge is 0.481 e. The molecule has 0 aromatic rings. The van der Waals surface area contributed by atoms with Crippen LogP contribution in [0.1, 0.15) is 20.8 Å². The van der Waals surface area contributed by atoms with Crippen molar-refractivity contribution in [3.8, 4) is 0 Å². The van der Waals surface area contributed by atoms with Gasteiger partial charge in [0.25, 0.3) is 0 Å². The van der Waals surface area contributed by atoms with E-state index >= 15 is 0 Å². The van der Waals surface area contributed by atoms with Crippen LogP contribution in [0.5, 0.6) is 0 Å². The van der Waals surface area contributed by atoms with E-state index in [2.05, 4.69) is 13.2 Å². The molecule has 2 atom stereocenters. The Labute approximate surface area is 123 Å². The summed E-state index contributed by atoms with van der Waals surface area (Å²) in [5.41, 5.74) is 0. The molecule has 21 heavy (non-hydrogen) atoms. The maximum Gasteiger partial charge on any atom is 0.481 e. The molecule has 120 valence electrons. The third-order valence-corrected chi connectivity index (χ3v) is 3.42. The standard InChI is InChI=1S/C12H19O8P/c1-6-11(13)17-9(4)19-21(15,16-8-3)20-10(5)18-12(14)7-2/h6-7,9-10H,1-2,8H2,3-5H3. The molecular weight excluding hydrogens is 303 g/mol. The van der Waals surface area contributed by atoms with Gasteiger partial charge < -0.3 is 9.47 Å². The highest BCUT2D eigenvalue weighted by molar-refractivity contribution is 7.48. The Morgan fingerprint density at radius 3 is 1.71 bits per heavy atom. The molecule has 0 radical (unpaired) electrons. The summed E-state index contributed by atoms with van der Waals surface area (Å²) in [5, 5.41) is 0. The highest BCUT2D eigenvalue weighted by Gasteiger charge is 2.33. The summed E-state index contributed by atoms with van der Waals surface area (Å²) >= 11 is 0. The molecule has 0 aromatic carbocycles. The van der Waals surface area contributed by atoms with E-state index in [0.29, 0.717) is 0 Å². The van der Waals surface area contributed by atoms with Gasteiger partial charge in [0.2, 0.25) is 12.6 Å². The van der Waals surface area contributed by atoms with Crippen molar-refractivity contribution < 1.29 is 37.2 Å². The lowest BCUT2D eigenvalue weighted by molar-refractivity contribution is -0.164. The lowest BCUT2D eigenvalue weighted by atomic mass is 10.6. The Hall–Kier alpha value is -1.47. The third kappa shape index (κ3) is 8.41. The van der Waals surface area contributed by atoms with E-state index in [1.54, 1.807) is 6.92 Å². The van der Waals surface area contributed by atoms with Crippen LogP contribution in [0.2, 0.25) is 0 Å². The number of ether oxygens (including phenoxy) is 2. The molecule has 0 aliphatic heterocycles. The minimum absolute atomic E-state index is 0.00152. The van der Waals surface area contributed by atoms with Gasteiger partial charge in [-0.2, -0.15) is 0 Å². The van der Waals surface area contributed by atoms with E-state index in [1.807, 2.05) is 0 Å². The van der Waals surface area contributed by atoms with Gasteiger partial charge in [0, 0.05) is 12.2 Å². The number of phosphoric acid groups is 1. The van der Waals surface area contributed by atoms with Crippen molar-refractivity contribution in [3.05, 3.63) is 25.3 Å². The van der Waals surface area contributed by atoms with E-state index in [9.17, 15) is 14.2 Å². The summed E-state index contributed by atoms with van der Waals surface area (Å²) in [6.07, 6.45) is -0.591. The van der Waals surface area contributed by atoms with E-state index < -0.39 is 32.3 Å². The van der Waals surface area contributed by atoms with Crippen LogP contribution < -0.4 is 0 Å². The van der Waals surface area contributed by atoms with Crippen molar-refractivity contribution in [1.29, 1.82) is 0 Å². The smallest absolute Gasteiger partial charge is 0.432 e. The number of hydrogen-bond donors (Lipinski definition) is 0. The summed E-state index contributed by atoms with van der Waals surface area (Å²) < 4.78 is 36.4. The zero-order chi connectivity index (χ0) is 16.5. The molecule has 0 rings (SSSR count). The van der Waals surface area contributed by atoms with Crippen LogP contribution in [0.25, 0.3) is 0 Å². The van der Waals surface area contributed by atoms with E-state index in [1.165, 1.54) is 13.8 Å². The predicted molar refractivity (Wildman–Crippen MR) is 72.9 cm³/mol. The predicted octanol–water partition coefficient (Wildman–Crippen LogP) is 2.31. The zero-order valence-electron chi connectivity index (χ0n) is 12.1. The molecule has 0 aliphatic carbocycles. The Morgan fingerprint density at radius 2 is 1.43 bits per heavy atom. The molecule has 9 heteroatoms. The topological polar surface area (TPSA) is 97.4 Å². The van der Waals surface area contributed by atoms with Crippen molar-refractivity contribution in [2.24, 2.45) is 0 Å². The monoisotopic (exact) mass is 322 g/mol. The van der Waals surface area contributed by atoms with Crippen molar-refractivity contribution in [1.82, 2.24) is 0 Å². The second-order valence-electron chi connectivity index (χ2n) is 3.49. The highest BCUT2D eigenvalue weighted by atomic mass is 31.2. The Kier molecular flexibility index (Phi) is 8.80. The lowest BCUT2D eigenvalue weighted by Gasteiger charge is -2.23. The Morgan fingerprint density at radius 1 is 1.05 bits per heavy atom. The quantitative estimate of drug-likeness (QED) is 0.261. The maximum atomic E-state index is 12.3. The molecule has 0 N–H and O–H groups in total. The Balaban J connectivity index is 4.70. The van der Waals surface area contributed by atoms with Gasteiger partial charge in [0.1, 0.15) is 0 Å². The molecule has 0 fully saturated rings. The molecule has 0 aliphatic rings. The summed E-state index contributed by atoms with van der Waals surface area (Å²) in [5.74, 6) is -1.53. The third-order valence-electron chi connectivity index (χ3n) is 1.74. The number of esters is 2. The number of rotatable bonds is 10. The fraction of sp³-hybridized carbons (Fsp3) is 0.500. The van der Waals surface area contributed by atoms with Crippen molar-refractivity contribution in [3.63, 3.8) is 0 Å². The molecule has 0 aromatic heterocycles. The molecule has 8 nitrogen and oxygen atoms in total. The average molecular weight is 322 g/mol. The van der Waals surface area contributed by atoms with Crippen molar-refractivity contribution >= 4 is 19.8 Å². The molecular formula is C12H19O8P. The van der Waals surface area contributed by atoms with Gasteiger partial charge in [0.15, 0.2) is 0 Å². The van der Waals surface area contributed by atoms with Gasteiger partial charge in [-0.1, -0.05) is 13.2 Å². The van der Waals surface area contributed by atoms with Crippen LogP contribution in [-0.4, -0.2) is 31.1 Å². The minimum Gasteiger partial charge on any atom is -0.432 e. The first-order chi connectivity index (χ1) is 9.76. The van der Waals surface area contributed by atoms with Gasteiger partial charge in [0.05, 0.1) is 6.61 Å². The number of phosphoric ester groups is 1. The van der Waals surface area contributed by atoms with Gasteiger partial charge in [-0.25, -0.2) is 23.2 Å². The van der Waals surface area contributed by atoms with E-state index in [-0.39, 0.29) is 6.61 Å². The molecule has 2 unspecified atom stereocenters. The van der Waals surface area contributed by atoms with Crippen LogP contribution in [-0.2, 0) is 37.2 Å². The molecule has 0 amide bonds. The lowest BCUT2D eigenvalue weighted by Crippen LogP contribution is -2.21. The van der Waals surface area contributed by atoms with Crippen LogP contribution in [0.3, 0.4) is 0 Å². The second-order valence-corrected chi connectivity index (χ2v) is 5.07. The first kappa shape index (κ1) is 19.5. The SMILES string of the molecule is C=CC(=O)OC(C)OP(=O)(OCC)OC(C)OC(=O)C=C. The number of carbonyl (C=O) groups is 2. The molecule has 0 saturated carbocycles. The number of carbonyl (C=O) groups excluding carboxylic acids is 2. The number of hydrogen-bond acceptors (Lipinski definition) is 8. The highest BCUT2D eigenvalue weighted by Crippen LogP contribution is 2.51. The van der Waals surface area contributed by atoms with Crippen LogP contribution >= 0.6 is 7.82 Å². The van der Waals surface area contributed by atoms with E-state index in [4.69, 9.17) is 23.0 Å². The van der Waals surface area contributed by atoms with Gasteiger partial charge in [-0.3, -0.25) is 4.52 Å². The van der Waals surface area contributed by atoms with Crippen LogP contribution in [0, 0.1) is 0 Å². The summed E-state index contributed by atoms with van der Waals surface area (Å²) in [7, 11) is -4.09. The van der Waals surface area contributed by atoms with Crippen LogP contribution in [0.15, 0.2) is 25.3 Å². The maximum absolute atomic E-state index is 12.3.